The summed E-state index contributed by atoms with van der Waals surface area (Å²) >= 11 is 0. The molecule has 16 heavy (non-hydrogen) atoms. The van der Waals surface area contributed by atoms with Gasteiger partial charge in [0.2, 0.25) is 0 Å². The molecule has 1 aromatic carbocycles. The van der Waals surface area contributed by atoms with Crippen LogP contribution in [0.2, 0.25) is 0 Å². The van der Waals surface area contributed by atoms with E-state index in [1.807, 2.05) is 0 Å². The van der Waals surface area contributed by atoms with Crippen LogP contribution in [0.15, 0.2) is 18.2 Å². The van der Waals surface area contributed by atoms with E-state index < -0.39 is 40.5 Å². The van der Waals surface area contributed by atoms with E-state index in [2.05, 4.69) is 0 Å². The Hall–Kier alpha value is -2.02. The second-order valence-corrected chi connectivity index (χ2v) is 3.08. The third-order valence-corrected chi connectivity index (χ3v) is 1.92. The fourth-order valence-electron chi connectivity index (χ4n) is 1.18. The van der Waals surface area contributed by atoms with Crippen LogP contribution in [0.5, 0.6) is 0 Å². The van der Waals surface area contributed by atoms with Gasteiger partial charge in [-0.25, -0.2) is 4.39 Å². The number of aliphatic hydroxyl groups is 1. The van der Waals surface area contributed by atoms with E-state index in [4.69, 9.17) is 5.11 Å². The van der Waals surface area contributed by atoms with Gasteiger partial charge >= 0.3 is 5.97 Å². The number of carboxylic acids is 1. The summed E-state index contributed by atoms with van der Waals surface area (Å²) in [5.41, 5.74) is -0.794. The molecule has 0 spiro atoms. The number of nitro benzene ring substituents is 1. The molecule has 0 saturated heterocycles. The number of aliphatic carboxylic acids is 1. The zero-order chi connectivity index (χ0) is 12.3. The standard InChI is InChI=1S/C9H8FNO5/c10-7-2-1-5(11(15)16)3-6(7)8(12)4-9(13)14/h1-3,8,12H,4H2,(H,13,14)/t8-/m0/s1. The summed E-state index contributed by atoms with van der Waals surface area (Å²) in [6, 6.07) is 2.58. The molecule has 1 rings (SSSR count). The molecule has 0 aliphatic rings. The van der Waals surface area contributed by atoms with Crippen molar-refractivity contribution in [3.63, 3.8) is 0 Å². The van der Waals surface area contributed by atoms with E-state index in [1.54, 1.807) is 0 Å². The van der Waals surface area contributed by atoms with Crippen LogP contribution in [0.3, 0.4) is 0 Å². The zero-order valence-corrected chi connectivity index (χ0v) is 7.96. The van der Waals surface area contributed by atoms with Crippen molar-refractivity contribution in [3.05, 3.63) is 39.7 Å². The third-order valence-electron chi connectivity index (χ3n) is 1.92. The predicted molar refractivity (Wildman–Crippen MR) is 50.3 cm³/mol. The van der Waals surface area contributed by atoms with Crippen LogP contribution in [0.25, 0.3) is 0 Å². The summed E-state index contributed by atoms with van der Waals surface area (Å²) in [4.78, 5) is 19.9. The molecule has 0 fully saturated rings. The molecule has 0 radical (unpaired) electrons. The van der Waals surface area contributed by atoms with Crippen LogP contribution in [0, 0.1) is 15.9 Å². The Morgan fingerprint density at radius 1 is 1.56 bits per heavy atom. The Labute approximate surface area is 89.1 Å². The second-order valence-electron chi connectivity index (χ2n) is 3.08. The van der Waals surface area contributed by atoms with Gasteiger partial charge < -0.3 is 10.2 Å². The monoisotopic (exact) mass is 229 g/mol. The average molecular weight is 229 g/mol. The lowest BCUT2D eigenvalue weighted by molar-refractivity contribution is -0.385. The number of hydrogen-bond donors (Lipinski definition) is 2. The summed E-state index contributed by atoms with van der Waals surface area (Å²) < 4.78 is 13.2. The molecule has 0 heterocycles. The predicted octanol–water partition coefficient (Wildman–Crippen LogP) is 1.24. The van der Waals surface area contributed by atoms with Crippen molar-refractivity contribution in [1.82, 2.24) is 0 Å². The normalized spacial score (nSPS) is 12.1. The highest BCUT2D eigenvalue weighted by molar-refractivity contribution is 5.67. The lowest BCUT2D eigenvalue weighted by Gasteiger charge is -2.08. The number of hydrogen-bond acceptors (Lipinski definition) is 4. The van der Waals surface area contributed by atoms with Gasteiger partial charge in [0.05, 0.1) is 17.4 Å². The first-order valence-corrected chi connectivity index (χ1v) is 4.25. The van der Waals surface area contributed by atoms with Crippen molar-refractivity contribution in [3.8, 4) is 0 Å². The minimum Gasteiger partial charge on any atom is -0.481 e. The molecule has 86 valence electrons. The maximum Gasteiger partial charge on any atom is 0.306 e. The maximum absolute atomic E-state index is 13.2. The summed E-state index contributed by atoms with van der Waals surface area (Å²) in [6.45, 7) is 0. The first-order valence-electron chi connectivity index (χ1n) is 4.25. The summed E-state index contributed by atoms with van der Waals surface area (Å²) in [5, 5.41) is 28.1. The first-order chi connectivity index (χ1) is 7.41. The van der Waals surface area contributed by atoms with Gasteiger partial charge in [0, 0.05) is 17.7 Å². The molecule has 2 N–H and O–H groups in total. The van der Waals surface area contributed by atoms with Crippen LogP contribution < -0.4 is 0 Å². The maximum atomic E-state index is 13.2. The Morgan fingerprint density at radius 2 is 2.19 bits per heavy atom. The minimum absolute atomic E-state index is 0.392. The number of carbonyl (C=O) groups is 1. The van der Waals surface area contributed by atoms with Gasteiger partial charge in [-0.05, 0) is 6.07 Å². The molecule has 1 atom stereocenters. The van der Waals surface area contributed by atoms with E-state index in [0.29, 0.717) is 0 Å². The number of nitro groups is 1. The van der Waals surface area contributed by atoms with Crippen molar-refractivity contribution >= 4 is 11.7 Å². The van der Waals surface area contributed by atoms with Crippen molar-refractivity contribution < 1.29 is 24.3 Å². The molecular weight excluding hydrogens is 221 g/mol. The lowest BCUT2D eigenvalue weighted by atomic mass is 10.1. The Bertz CT molecular complexity index is 434. The highest BCUT2D eigenvalue weighted by Gasteiger charge is 2.19. The van der Waals surface area contributed by atoms with Gasteiger partial charge in [0.15, 0.2) is 0 Å². The Balaban J connectivity index is 3.06. The number of rotatable bonds is 4. The van der Waals surface area contributed by atoms with Crippen molar-refractivity contribution in [2.75, 3.05) is 0 Å². The molecule has 0 amide bonds. The molecule has 0 aliphatic heterocycles. The molecule has 6 nitrogen and oxygen atoms in total. The molecule has 0 aromatic heterocycles. The molecule has 0 aliphatic carbocycles. The number of non-ortho nitro benzene ring substituents is 1. The average Bonchev–Trinajstić information content (AvgIpc) is 2.16. The smallest absolute Gasteiger partial charge is 0.306 e. The molecule has 0 saturated carbocycles. The van der Waals surface area contributed by atoms with E-state index in [-0.39, 0.29) is 0 Å². The fourth-order valence-corrected chi connectivity index (χ4v) is 1.18. The van der Waals surface area contributed by atoms with E-state index in [9.17, 15) is 24.4 Å². The van der Waals surface area contributed by atoms with Crippen LogP contribution in [0.4, 0.5) is 10.1 Å². The summed E-state index contributed by atoms with van der Waals surface area (Å²) in [5.74, 6) is -2.20. The van der Waals surface area contributed by atoms with Crippen LogP contribution in [-0.2, 0) is 4.79 Å². The quantitative estimate of drug-likeness (QED) is 0.597. The van der Waals surface area contributed by atoms with Crippen molar-refractivity contribution in [1.29, 1.82) is 0 Å². The van der Waals surface area contributed by atoms with Crippen LogP contribution in [-0.4, -0.2) is 21.1 Å². The fraction of sp³-hybridized carbons (Fsp3) is 0.222. The Morgan fingerprint density at radius 3 is 2.69 bits per heavy atom. The second kappa shape index (κ2) is 4.67. The number of benzene rings is 1. The molecule has 7 heteroatoms. The summed E-state index contributed by atoms with van der Waals surface area (Å²) in [6.07, 6.45) is -2.31. The Kier molecular flexibility index (Phi) is 3.51. The lowest BCUT2D eigenvalue weighted by Crippen LogP contribution is -2.07. The SMILES string of the molecule is O=C(O)C[C@H](O)c1cc([N+](=O)[O-])ccc1F. The van der Waals surface area contributed by atoms with E-state index >= 15 is 0 Å². The highest BCUT2D eigenvalue weighted by Crippen LogP contribution is 2.24. The third kappa shape index (κ3) is 2.74. The molecule has 1 aromatic rings. The number of aliphatic hydroxyl groups excluding tert-OH is 1. The minimum atomic E-state index is -1.60. The largest absolute Gasteiger partial charge is 0.481 e. The van der Waals surface area contributed by atoms with Crippen LogP contribution in [0.1, 0.15) is 18.1 Å². The van der Waals surface area contributed by atoms with Crippen LogP contribution >= 0.6 is 0 Å². The highest BCUT2D eigenvalue weighted by atomic mass is 19.1. The topological polar surface area (TPSA) is 101 Å². The number of nitrogens with zero attached hydrogens (tertiary/aromatic N) is 1. The van der Waals surface area contributed by atoms with E-state index in [1.165, 1.54) is 0 Å². The van der Waals surface area contributed by atoms with E-state index in [0.717, 1.165) is 18.2 Å². The summed E-state index contributed by atoms with van der Waals surface area (Å²) in [7, 11) is 0. The van der Waals surface area contributed by atoms with Gasteiger partial charge in [-0.15, -0.1) is 0 Å². The number of halogens is 1. The van der Waals surface area contributed by atoms with Gasteiger partial charge in [0.1, 0.15) is 5.82 Å². The van der Waals surface area contributed by atoms with Gasteiger partial charge in [-0.2, -0.15) is 0 Å². The van der Waals surface area contributed by atoms with Gasteiger partial charge in [-0.3, -0.25) is 14.9 Å². The zero-order valence-electron chi connectivity index (χ0n) is 7.96. The molecule has 0 bridgehead atoms. The number of carboxylic acid groups (broad SMARTS) is 1. The van der Waals surface area contributed by atoms with Crippen molar-refractivity contribution in [2.24, 2.45) is 0 Å². The first kappa shape index (κ1) is 12.1. The van der Waals surface area contributed by atoms with Gasteiger partial charge in [0.25, 0.3) is 5.69 Å². The molecule has 0 unspecified atom stereocenters. The molecular formula is C9H8FNO5. The van der Waals surface area contributed by atoms with Crippen molar-refractivity contribution in [2.45, 2.75) is 12.5 Å². The van der Waals surface area contributed by atoms with Gasteiger partial charge in [-0.1, -0.05) is 0 Å².